The van der Waals surface area contributed by atoms with Gasteiger partial charge in [-0.15, -0.1) is 0 Å². The Balaban J connectivity index is 3.19. The fourth-order valence-electron chi connectivity index (χ4n) is 3.73. The minimum absolute atomic E-state index is 0.0526. The Morgan fingerprint density at radius 2 is 1.79 bits per heavy atom. The van der Waals surface area contributed by atoms with E-state index in [0.29, 0.717) is 11.4 Å². The van der Waals surface area contributed by atoms with Gasteiger partial charge in [-0.25, -0.2) is 19.4 Å². The average Bonchev–Trinajstić information content (AvgIpc) is 2.87. The van der Waals surface area contributed by atoms with Gasteiger partial charge in [0, 0.05) is 25.2 Å². The van der Waals surface area contributed by atoms with Gasteiger partial charge >= 0.3 is 18.0 Å². The molecule has 1 heterocycles. The van der Waals surface area contributed by atoms with Crippen LogP contribution in [-0.4, -0.2) is 130 Å². The number of carboxylic acid groups (broad SMARTS) is 1. The SMILES string of the molecule is CN(CC(=O)N(C)[C@H](C(=O)OC[C@@H](NC(=O)OC(C)(C)C)C(=O)N1N=CCC[C@H]1C(=O)O)C(C)(C)O)C(=O)CN=[N+]=[N-]. The van der Waals surface area contributed by atoms with Crippen molar-refractivity contribution in [3.63, 3.8) is 0 Å². The number of carbonyl (C=O) groups excluding carboxylic acids is 5. The van der Waals surface area contributed by atoms with Gasteiger partial charge in [0.05, 0.1) is 12.1 Å². The summed E-state index contributed by atoms with van der Waals surface area (Å²) >= 11 is 0. The molecule has 42 heavy (non-hydrogen) atoms. The summed E-state index contributed by atoms with van der Waals surface area (Å²) < 4.78 is 10.4. The smallest absolute Gasteiger partial charge is 0.408 e. The molecule has 0 aromatic rings. The van der Waals surface area contributed by atoms with E-state index in [9.17, 15) is 39.0 Å². The van der Waals surface area contributed by atoms with Gasteiger partial charge < -0.3 is 34.8 Å². The molecule has 1 aliphatic rings. The van der Waals surface area contributed by atoms with E-state index in [-0.39, 0.29) is 6.42 Å². The van der Waals surface area contributed by atoms with Crippen LogP contribution in [0.5, 0.6) is 0 Å². The number of esters is 1. The molecule has 0 bridgehead atoms. The van der Waals surface area contributed by atoms with Crippen molar-refractivity contribution in [3.8, 4) is 0 Å². The lowest BCUT2D eigenvalue weighted by atomic mass is 9.97. The zero-order valence-corrected chi connectivity index (χ0v) is 24.6. The second-order valence-corrected chi connectivity index (χ2v) is 10.9. The van der Waals surface area contributed by atoms with Crippen LogP contribution in [-0.2, 0) is 33.4 Å². The van der Waals surface area contributed by atoms with Crippen molar-refractivity contribution >= 4 is 42.0 Å². The van der Waals surface area contributed by atoms with E-state index >= 15 is 0 Å². The summed E-state index contributed by atoms with van der Waals surface area (Å²) in [6, 6.07) is -4.65. The molecule has 0 saturated carbocycles. The molecule has 3 atom stereocenters. The Hall–Kier alpha value is -4.44. The van der Waals surface area contributed by atoms with Gasteiger partial charge in [0.25, 0.3) is 5.91 Å². The highest BCUT2D eigenvalue weighted by atomic mass is 16.6. The number of aliphatic carboxylic acids is 1. The van der Waals surface area contributed by atoms with E-state index in [1.165, 1.54) is 34.2 Å². The van der Waals surface area contributed by atoms with Gasteiger partial charge in [0.1, 0.15) is 24.8 Å². The first kappa shape index (κ1) is 35.6. The van der Waals surface area contributed by atoms with Crippen LogP contribution >= 0.6 is 0 Å². The third-order valence-electron chi connectivity index (χ3n) is 5.70. The number of azide groups is 1. The number of rotatable bonds is 12. The molecule has 0 aliphatic carbocycles. The molecule has 0 radical (unpaired) electrons. The number of hydrazone groups is 1. The molecular formula is C24H38N8O10. The average molecular weight is 599 g/mol. The van der Waals surface area contributed by atoms with Crippen LogP contribution in [0, 0.1) is 0 Å². The van der Waals surface area contributed by atoms with Crippen LogP contribution < -0.4 is 5.32 Å². The Bertz CT molecular complexity index is 1120. The molecule has 0 aromatic carbocycles. The maximum Gasteiger partial charge on any atom is 0.408 e. The molecule has 18 heteroatoms. The quantitative estimate of drug-likeness (QED) is 0.116. The molecule has 1 aliphatic heterocycles. The van der Waals surface area contributed by atoms with E-state index in [2.05, 4.69) is 20.4 Å². The van der Waals surface area contributed by atoms with E-state index in [1.54, 1.807) is 20.8 Å². The fourth-order valence-corrected chi connectivity index (χ4v) is 3.73. The zero-order chi connectivity index (χ0) is 32.4. The number of aliphatic hydroxyl groups is 1. The largest absolute Gasteiger partial charge is 0.480 e. The van der Waals surface area contributed by atoms with Crippen LogP contribution in [0.2, 0.25) is 0 Å². The van der Waals surface area contributed by atoms with Crippen molar-refractivity contribution in [2.24, 2.45) is 10.2 Å². The molecule has 0 fully saturated rings. The predicted octanol–water partition coefficient (Wildman–Crippen LogP) is -0.149. The Labute approximate surface area is 242 Å². The lowest BCUT2D eigenvalue weighted by Gasteiger charge is -2.36. The third kappa shape index (κ3) is 10.9. The third-order valence-corrected chi connectivity index (χ3v) is 5.70. The maximum atomic E-state index is 13.3. The lowest BCUT2D eigenvalue weighted by molar-refractivity contribution is -0.166. The summed E-state index contributed by atoms with van der Waals surface area (Å²) in [5, 5.41) is 30.1. The van der Waals surface area contributed by atoms with Gasteiger partial charge in [0.2, 0.25) is 11.8 Å². The summed E-state index contributed by atoms with van der Waals surface area (Å²) in [6.45, 7) is 5.24. The zero-order valence-electron chi connectivity index (χ0n) is 24.6. The predicted molar refractivity (Wildman–Crippen MR) is 145 cm³/mol. The number of amides is 4. The van der Waals surface area contributed by atoms with Crippen LogP contribution in [0.1, 0.15) is 47.5 Å². The lowest BCUT2D eigenvalue weighted by Crippen LogP contribution is -2.58. The van der Waals surface area contributed by atoms with Gasteiger partial charge in [-0.3, -0.25) is 14.4 Å². The number of ether oxygens (including phenoxy) is 2. The van der Waals surface area contributed by atoms with Gasteiger partial charge in [-0.05, 0) is 53.0 Å². The number of carbonyl (C=O) groups is 6. The molecule has 3 N–H and O–H groups in total. The Kier molecular flexibility index (Phi) is 12.7. The molecule has 0 aromatic heterocycles. The number of nitrogens with zero attached hydrogens (tertiary/aromatic N) is 7. The summed E-state index contributed by atoms with van der Waals surface area (Å²) in [5.41, 5.74) is 5.51. The van der Waals surface area contributed by atoms with Crippen LogP contribution in [0.3, 0.4) is 0 Å². The Morgan fingerprint density at radius 1 is 1.17 bits per heavy atom. The van der Waals surface area contributed by atoms with Gasteiger partial charge in [-0.2, -0.15) is 5.10 Å². The van der Waals surface area contributed by atoms with E-state index in [1.807, 2.05) is 0 Å². The Morgan fingerprint density at radius 3 is 2.31 bits per heavy atom. The molecule has 1 rings (SSSR count). The summed E-state index contributed by atoms with van der Waals surface area (Å²) in [6.07, 6.45) is 0.605. The van der Waals surface area contributed by atoms with Crippen molar-refractivity contribution < 1.29 is 48.5 Å². The van der Waals surface area contributed by atoms with Crippen LogP contribution in [0.25, 0.3) is 10.4 Å². The second kappa shape index (κ2) is 15.0. The molecule has 0 spiro atoms. The van der Waals surface area contributed by atoms with E-state index in [0.717, 1.165) is 9.80 Å². The van der Waals surface area contributed by atoms with Crippen molar-refractivity contribution in [1.29, 1.82) is 0 Å². The van der Waals surface area contributed by atoms with Crippen molar-refractivity contribution in [3.05, 3.63) is 10.4 Å². The minimum Gasteiger partial charge on any atom is -0.480 e. The molecule has 18 nitrogen and oxygen atoms in total. The first-order chi connectivity index (χ1) is 19.3. The number of alkyl carbamates (subject to hydrolysis) is 1. The highest BCUT2D eigenvalue weighted by Gasteiger charge is 2.42. The molecule has 0 unspecified atom stereocenters. The van der Waals surface area contributed by atoms with Crippen LogP contribution in [0.15, 0.2) is 10.2 Å². The fraction of sp³-hybridized carbons (Fsp3) is 0.708. The molecule has 4 amide bonds. The molecule has 234 valence electrons. The first-order valence-electron chi connectivity index (χ1n) is 12.8. The number of hydrogen-bond acceptors (Lipinski definition) is 11. The standard InChI is InChI=1S/C24H38N8O10/c1-23(2,3)42-22(39)28-14(19(35)32-15(20(36)37)9-8-10-27-32)13-41-21(38)18(24(4,5)40)31(7)17(34)12-30(6)16(33)11-26-29-25/h10,14-15,18,40H,8-9,11-13H2,1-7H3,(H,28,39)(H,36,37)/t14-,15+,18-/m1/s1. The van der Waals surface area contributed by atoms with Gasteiger partial charge in [0.15, 0.2) is 12.1 Å². The number of likely N-dealkylation sites (N-methyl/N-ethyl adjacent to an activating group) is 2. The van der Waals surface area contributed by atoms with E-state index < -0.39 is 84.8 Å². The minimum atomic E-state index is -1.89. The molecule has 0 saturated heterocycles. The van der Waals surface area contributed by atoms with Crippen molar-refractivity contribution in [2.45, 2.75) is 76.8 Å². The van der Waals surface area contributed by atoms with Gasteiger partial charge in [-0.1, -0.05) is 5.11 Å². The van der Waals surface area contributed by atoms with Crippen LogP contribution in [0.4, 0.5) is 4.79 Å². The van der Waals surface area contributed by atoms with Crippen molar-refractivity contribution in [1.82, 2.24) is 20.1 Å². The summed E-state index contributed by atoms with van der Waals surface area (Å²) in [7, 11) is 2.45. The highest BCUT2D eigenvalue weighted by Crippen LogP contribution is 2.19. The number of carboxylic acids is 1. The summed E-state index contributed by atoms with van der Waals surface area (Å²) in [5.74, 6) is -4.99. The normalized spacial score (nSPS) is 16.3. The maximum absolute atomic E-state index is 13.3. The highest BCUT2D eigenvalue weighted by molar-refractivity contribution is 5.92. The van der Waals surface area contributed by atoms with E-state index in [4.69, 9.17) is 15.0 Å². The summed E-state index contributed by atoms with van der Waals surface area (Å²) in [4.78, 5) is 79.8. The topological polar surface area (TPSA) is 244 Å². The van der Waals surface area contributed by atoms with Crippen molar-refractivity contribution in [2.75, 3.05) is 33.8 Å². The number of hydrogen-bond donors (Lipinski definition) is 3. The first-order valence-corrected chi connectivity index (χ1v) is 12.8. The monoisotopic (exact) mass is 598 g/mol. The molecular weight excluding hydrogens is 560 g/mol. The second-order valence-electron chi connectivity index (χ2n) is 10.9. The number of nitrogens with one attached hydrogen (secondary N) is 1.